The van der Waals surface area contributed by atoms with Gasteiger partial charge in [0.05, 0.1) is 25.3 Å². The Kier molecular flexibility index (Phi) is 5.31. The Hall–Kier alpha value is -1.80. The van der Waals surface area contributed by atoms with Crippen molar-refractivity contribution in [1.29, 1.82) is 0 Å². The van der Waals surface area contributed by atoms with Gasteiger partial charge in [0.1, 0.15) is 12.2 Å². The van der Waals surface area contributed by atoms with Crippen LogP contribution >= 0.6 is 0 Å². The van der Waals surface area contributed by atoms with Gasteiger partial charge in [-0.15, -0.1) is 0 Å². The van der Waals surface area contributed by atoms with Crippen molar-refractivity contribution in [2.75, 3.05) is 6.61 Å². The third kappa shape index (κ3) is 3.66. The van der Waals surface area contributed by atoms with E-state index in [0.29, 0.717) is 13.2 Å². The number of fused-ring (bicyclic) bond motifs is 1. The predicted octanol–water partition coefficient (Wildman–Crippen LogP) is 1.70. The van der Waals surface area contributed by atoms with Crippen LogP contribution in [0.5, 0.6) is 0 Å². The Morgan fingerprint density at radius 3 is 2.31 bits per heavy atom. The Morgan fingerprint density at radius 2 is 1.58 bits per heavy atom. The zero-order valence-electron chi connectivity index (χ0n) is 14.4. The van der Waals surface area contributed by atoms with Crippen molar-refractivity contribution >= 4 is 0 Å². The molecule has 6 atom stereocenters. The molecule has 2 aromatic rings. The fourth-order valence-electron chi connectivity index (χ4n) is 3.35. The van der Waals surface area contributed by atoms with Gasteiger partial charge in [-0.1, -0.05) is 60.7 Å². The van der Waals surface area contributed by atoms with Gasteiger partial charge in [0, 0.05) is 5.56 Å². The fourth-order valence-corrected chi connectivity index (χ4v) is 3.35. The maximum absolute atomic E-state index is 6.37. The summed E-state index contributed by atoms with van der Waals surface area (Å²) in [6.45, 7) is 0.799. The van der Waals surface area contributed by atoms with Crippen molar-refractivity contribution in [2.24, 2.45) is 11.5 Å². The van der Waals surface area contributed by atoms with E-state index in [-0.39, 0.29) is 12.2 Å². The summed E-state index contributed by atoms with van der Waals surface area (Å²) >= 11 is 0. The SMILES string of the molecule is N[C@@H]1[C@@H](OCc2ccccc2)O[C@@H]2CO[C@@H](c3ccccc3)O[C@H]2[C@@H]1N. The third-order valence-corrected chi connectivity index (χ3v) is 4.83. The molecule has 0 spiro atoms. The molecule has 2 aliphatic rings. The summed E-state index contributed by atoms with van der Waals surface area (Å²) in [5, 5.41) is 0. The second-order valence-electron chi connectivity index (χ2n) is 6.67. The normalized spacial score (nSPS) is 34.2. The van der Waals surface area contributed by atoms with Crippen LogP contribution in [-0.4, -0.2) is 37.2 Å². The van der Waals surface area contributed by atoms with Crippen molar-refractivity contribution in [3.05, 3.63) is 71.8 Å². The highest BCUT2D eigenvalue weighted by atomic mass is 16.7. The Bertz CT molecular complexity index is 697. The standard InChI is InChI=1S/C20H24N2O4/c21-16-17(22)20(23-11-13-7-3-1-4-8-13)25-15-12-24-19(26-18(15)16)14-9-5-2-6-10-14/h1-10,15-20H,11-12,21-22H2/t15-,16-,17+,18-,19-,20+/m1/s1. The van der Waals surface area contributed by atoms with Gasteiger partial charge < -0.3 is 30.4 Å². The van der Waals surface area contributed by atoms with E-state index in [4.69, 9.17) is 30.4 Å². The molecular formula is C20H24N2O4. The zero-order chi connectivity index (χ0) is 17.9. The molecule has 2 saturated heterocycles. The van der Waals surface area contributed by atoms with Crippen LogP contribution in [0.4, 0.5) is 0 Å². The molecule has 0 amide bonds. The summed E-state index contributed by atoms with van der Waals surface area (Å²) in [5.41, 5.74) is 14.7. The van der Waals surface area contributed by atoms with Crippen molar-refractivity contribution in [3.8, 4) is 0 Å². The molecule has 0 unspecified atom stereocenters. The van der Waals surface area contributed by atoms with Gasteiger partial charge in [-0.25, -0.2) is 0 Å². The Labute approximate surface area is 153 Å². The van der Waals surface area contributed by atoms with Crippen LogP contribution in [0.1, 0.15) is 17.4 Å². The van der Waals surface area contributed by atoms with Gasteiger partial charge in [-0.05, 0) is 5.56 Å². The van der Waals surface area contributed by atoms with Crippen LogP contribution in [0.3, 0.4) is 0 Å². The second kappa shape index (κ2) is 7.84. The largest absolute Gasteiger partial charge is 0.346 e. The van der Waals surface area contributed by atoms with Crippen LogP contribution in [0.25, 0.3) is 0 Å². The molecule has 6 nitrogen and oxygen atoms in total. The van der Waals surface area contributed by atoms with Crippen LogP contribution in [0, 0.1) is 0 Å². The zero-order valence-corrected chi connectivity index (χ0v) is 14.4. The van der Waals surface area contributed by atoms with Crippen LogP contribution in [0.2, 0.25) is 0 Å². The molecular weight excluding hydrogens is 332 g/mol. The molecule has 2 aliphatic heterocycles. The highest BCUT2D eigenvalue weighted by Gasteiger charge is 2.47. The van der Waals surface area contributed by atoms with E-state index in [1.165, 1.54) is 0 Å². The molecule has 26 heavy (non-hydrogen) atoms. The lowest BCUT2D eigenvalue weighted by Crippen LogP contribution is -2.67. The van der Waals surface area contributed by atoms with Crippen molar-refractivity contribution < 1.29 is 18.9 Å². The quantitative estimate of drug-likeness (QED) is 0.867. The first kappa shape index (κ1) is 17.6. The number of nitrogens with two attached hydrogens (primary N) is 2. The summed E-state index contributed by atoms with van der Waals surface area (Å²) in [5.74, 6) is 0. The van der Waals surface area contributed by atoms with Gasteiger partial charge in [-0.2, -0.15) is 0 Å². The lowest BCUT2D eigenvalue weighted by molar-refractivity contribution is -0.326. The maximum atomic E-state index is 6.37. The summed E-state index contributed by atoms with van der Waals surface area (Å²) in [6, 6.07) is 18.8. The Balaban J connectivity index is 1.40. The van der Waals surface area contributed by atoms with Crippen molar-refractivity contribution in [3.63, 3.8) is 0 Å². The molecule has 6 heteroatoms. The summed E-state index contributed by atoms with van der Waals surface area (Å²) in [7, 11) is 0. The minimum atomic E-state index is -0.591. The fraction of sp³-hybridized carbons (Fsp3) is 0.400. The minimum Gasteiger partial charge on any atom is -0.346 e. The molecule has 2 fully saturated rings. The first-order chi connectivity index (χ1) is 12.7. The summed E-state index contributed by atoms with van der Waals surface area (Å²) in [6.07, 6.45) is -1.68. The summed E-state index contributed by atoms with van der Waals surface area (Å²) in [4.78, 5) is 0. The molecule has 4 rings (SSSR count). The van der Waals surface area contributed by atoms with E-state index in [9.17, 15) is 0 Å². The minimum absolute atomic E-state index is 0.300. The first-order valence-corrected chi connectivity index (χ1v) is 8.86. The van der Waals surface area contributed by atoms with E-state index in [0.717, 1.165) is 11.1 Å². The highest BCUT2D eigenvalue weighted by Crippen LogP contribution is 2.33. The highest BCUT2D eigenvalue weighted by molar-refractivity contribution is 5.17. The van der Waals surface area contributed by atoms with Gasteiger partial charge in [0.2, 0.25) is 0 Å². The van der Waals surface area contributed by atoms with Gasteiger partial charge in [-0.3, -0.25) is 0 Å². The number of rotatable bonds is 4. The van der Waals surface area contributed by atoms with Crippen molar-refractivity contribution in [1.82, 2.24) is 0 Å². The molecule has 0 aromatic heterocycles. The molecule has 138 valence electrons. The second-order valence-corrected chi connectivity index (χ2v) is 6.67. The maximum Gasteiger partial charge on any atom is 0.184 e. The first-order valence-electron chi connectivity index (χ1n) is 8.86. The van der Waals surface area contributed by atoms with Crippen molar-refractivity contribution in [2.45, 2.75) is 43.5 Å². The lowest BCUT2D eigenvalue weighted by atomic mass is 9.94. The lowest BCUT2D eigenvalue weighted by Gasteiger charge is -2.47. The molecule has 0 radical (unpaired) electrons. The predicted molar refractivity (Wildman–Crippen MR) is 95.9 cm³/mol. The monoisotopic (exact) mass is 356 g/mol. The summed E-state index contributed by atoms with van der Waals surface area (Å²) < 4.78 is 23.8. The average molecular weight is 356 g/mol. The van der Waals surface area contributed by atoms with E-state index in [1.54, 1.807) is 0 Å². The van der Waals surface area contributed by atoms with E-state index < -0.39 is 24.7 Å². The van der Waals surface area contributed by atoms with Gasteiger partial charge in [0.25, 0.3) is 0 Å². The topological polar surface area (TPSA) is 89.0 Å². The van der Waals surface area contributed by atoms with Crippen LogP contribution in [-0.2, 0) is 25.6 Å². The van der Waals surface area contributed by atoms with E-state index in [2.05, 4.69) is 0 Å². The van der Waals surface area contributed by atoms with E-state index in [1.807, 2.05) is 60.7 Å². The number of ether oxygens (including phenoxy) is 4. The molecule has 0 bridgehead atoms. The Morgan fingerprint density at radius 1 is 0.885 bits per heavy atom. The number of hydrogen-bond donors (Lipinski definition) is 2. The molecule has 0 aliphatic carbocycles. The number of benzene rings is 2. The average Bonchev–Trinajstić information content (AvgIpc) is 2.71. The smallest absolute Gasteiger partial charge is 0.184 e. The number of hydrogen-bond acceptors (Lipinski definition) is 6. The van der Waals surface area contributed by atoms with E-state index >= 15 is 0 Å². The van der Waals surface area contributed by atoms with Crippen LogP contribution < -0.4 is 11.5 Å². The molecule has 0 saturated carbocycles. The van der Waals surface area contributed by atoms with Gasteiger partial charge >= 0.3 is 0 Å². The van der Waals surface area contributed by atoms with Gasteiger partial charge in [0.15, 0.2) is 12.6 Å². The molecule has 2 heterocycles. The van der Waals surface area contributed by atoms with Crippen LogP contribution in [0.15, 0.2) is 60.7 Å². The molecule has 4 N–H and O–H groups in total. The molecule has 2 aromatic carbocycles. The third-order valence-electron chi connectivity index (χ3n) is 4.83.